The molecule has 0 radical (unpaired) electrons. The molecule has 0 aliphatic carbocycles. The van der Waals surface area contributed by atoms with E-state index in [2.05, 4.69) is 43.2 Å². The summed E-state index contributed by atoms with van der Waals surface area (Å²) in [5.41, 5.74) is 4.16. The summed E-state index contributed by atoms with van der Waals surface area (Å²) in [5.74, 6) is 0.439. The first-order valence-electron chi connectivity index (χ1n) is 11.8. The summed E-state index contributed by atoms with van der Waals surface area (Å²) in [7, 11) is 7.51. The maximum atomic E-state index is 12.2. The van der Waals surface area contributed by atoms with Gasteiger partial charge in [-0.15, -0.1) is 0 Å². The standard InChI is InChI=1S/C27H29N9O2/c1-6-25(37)31-20-13-21(24(38-5)14-23(20)35(4)12-11-34(2)3)32-27-29-16-18(15-28)26(33-27)19-17-30-36-10-8-7-9-22(19)36/h6-10,13-14,16-17H,1,11-12H2,2-5H3,(H,31,37)(H,29,32,33). The van der Waals surface area contributed by atoms with Crippen LogP contribution in [0.5, 0.6) is 5.75 Å². The second-order valence-electron chi connectivity index (χ2n) is 8.77. The number of aromatic nitrogens is 4. The Labute approximate surface area is 221 Å². The summed E-state index contributed by atoms with van der Waals surface area (Å²) < 4.78 is 7.39. The van der Waals surface area contributed by atoms with Crippen LogP contribution in [-0.4, -0.2) is 71.7 Å². The van der Waals surface area contributed by atoms with Gasteiger partial charge in [-0.3, -0.25) is 4.79 Å². The molecular weight excluding hydrogens is 482 g/mol. The maximum absolute atomic E-state index is 12.2. The average molecular weight is 512 g/mol. The summed E-state index contributed by atoms with van der Waals surface area (Å²) in [6, 6.07) is 11.4. The number of nitrogens with one attached hydrogen (secondary N) is 2. The van der Waals surface area contributed by atoms with Gasteiger partial charge in [0.2, 0.25) is 11.9 Å². The number of pyridine rings is 1. The third kappa shape index (κ3) is 5.55. The topological polar surface area (TPSA) is 124 Å². The van der Waals surface area contributed by atoms with Gasteiger partial charge < -0.3 is 25.2 Å². The zero-order chi connectivity index (χ0) is 27.2. The highest BCUT2D eigenvalue weighted by Crippen LogP contribution is 2.38. The number of likely N-dealkylation sites (N-methyl/N-ethyl adjacent to an activating group) is 2. The number of hydrogen-bond donors (Lipinski definition) is 2. The average Bonchev–Trinajstić information content (AvgIpc) is 3.35. The fourth-order valence-corrected chi connectivity index (χ4v) is 3.87. The molecule has 0 saturated heterocycles. The van der Waals surface area contributed by atoms with E-state index in [1.165, 1.54) is 12.3 Å². The molecule has 11 heteroatoms. The predicted octanol–water partition coefficient (Wildman–Crippen LogP) is 3.54. The van der Waals surface area contributed by atoms with Gasteiger partial charge in [0, 0.05) is 38.0 Å². The first-order chi connectivity index (χ1) is 18.3. The van der Waals surface area contributed by atoms with Crippen LogP contribution in [-0.2, 0) is 4.79 Å². The van der Waals surface area contributed by atoms with Crippen molar-refractivity contribution in [2.24, 2.45) is 0 Å². The van der Waals surface area contributed by atoms with E-state index in [1.807, 2.05) is 56.5 Å². The van der Waals surface area contributed by atoms with Gasteiger partial charge >= 0.3 is 0 Å². The van der Waals surface area contributed by atoms with E-state index in [4.69, 9.17) is 4.74 Å². The number of benzene rings is 1. The molecule has 4 rings (SSSR count). The molecule has 0 fully saturated rings. The summed E-state index contributed by atoms with van der Waals surface area (Å²) in [4.78, 5) is 25.3. The van der Waals surface area contributed by atoms with Gasteiger partial charge in [-0.05, 0) is 38.4 Å². The smallest absolute Gasteiger partial charge is 0.247 e. The van der Waals surface area contributed by atoms with E-state index in [9.17, 15) is 10.1 Å². The third-order valence-electron chi connectivity index (χ3n) is 5.89. The molecule has 2 N–H and O–H groups in total. The molecule has 0 saturated carbocycles. The highest BCUT2D eigenvalue weighted by Gasteiger charge is 2.18. The number of hydrogen-bond acceptors (Lipinski definition) is 9. The van der Waals surface area contributed by atoms with E-state index in [-0.39, 0.29) is 11.9 Å². The van der Waals surface area contributed by atoms with Crippen molar-refractivity contribution in [1.82, 2.24) is 24.5 Å². The Morgan fingerprint density at radius 3 is 2.74 bits per heavy atom. The lowest BCUT2D eigenvalue weighted by atomic mass is 10.1. The van der Waals surface area contributed by atoms with Crippen molar-refractivity contribution in [2.45, 2.75) is 0 Å². The lowest BCUT2D eigenvalue weighted by molar-refractivity contribution is -0.111. The Morgan fingerprint density at radius 2 is 2.03 bits per heavy atom. The van der Waals surface area contributed by atoms with E-state index in [0.29, 0.717) is 33.9 Å². The molecular formula is C27H29N9O2. The van der Waals surface area contributed by atoms with Crippen molar-refractivity contribution in [3.8, 4) is 23.1 Å². The number of methoxy groups -OCH3 is 1. The van der Waals surface area contributed by atoms with Gasteiger partial charge in [0.25, 0.3) is 0 Å². The first-order valence-corrected chi connectivity index (χ1v) is 11.8. The minimum Gasteiger partial charge on any atom is -0.494 e. The van der Waals surface area contributed by atoms with Gasteiger partial charge in [-0.2, -0.15) is 10.4 Å². The molecule has 194 valence electrons. The SMILES string of the molecule is C=CC(=O)Nc1cc(Nc2ncc(C#N)c(-c3cnn4ccccc34)n2)c(OC)cc1N(C)CCN(C)C. The van der Waals surface area contributed by atoms with Crippen LogP contribution in [0.4, 0.5) is 23.0 Å². The lowest BCUT2D eigenvalue weighted by Gasteiger charge is -2.26. The van der Waals surface area contributed by atoms with Crippen molar-refractivity contribution in [1.29, 1.82) is 5.26 Å². The van der Waals surface area contributed by atoms with Crippen LogP contribution in [0.3, 0.4) is 0 Å². The summed E-state index contributed by atoms with van der Waals surface area (Å²) in [5, 5.41) is 20.1. The van der Waals surface area contributed by atoms with Gasteiger partial charge in [-0.25, -0.2) is 14.5 Å². The number of ether oxygens (including phenoxy) is 1. The van der Waals surface area contributed by atoms with Gasteiger partial charge in [-0.1, -0.05) is 12.6 Å². The molecule has 0 aliphatic rings. The molecule has 0 atom stereocenters. The molecule has 11 nitrogen and oxygen atoms in total. The Kier molecular flexibility index (Phi) is 7.84. The van der Waals surface area contributed by atoms with E-state index < -0.39 is 0 Å². The normalized spacial score (nSPS) is 10.7. The quantitative estimate of drug-likeness (QED) is 0.308. The Bertz CT molecular complexity index is 1520. The molecule has 0 bridgehead atoms. The van der Waals surface area contributed by atoms with E-state index in [0.717, 1.165) is 24.3 Å². The Hall–Kier alpha value is -4.95. The number of anilines is 4. The fraction of sp³-hybridized carbons (Fsp3) is 0.222. The van der Waals surface area contributed by atoms with Crippen LogP contribution in [0.25, 0.3) is 16.8 Å². The second kappa shape index (κ2) is 11.4. The number of carbonyl (C=O) groups is 1. The summed E-state index contributed by atoms with van der Waals surface area (Å²) in [6.07, 6.45) is 6.18. The molecule has 1 amide bonds. The summed E-state index contributed by atoms with van der Waals surface area (Å²) >= 11 is 0. The van der Waals surface area contributed by atoms with Crippen molar-refractivity contribution in [2.75, 3.05) is 56.9 Å². The number of nitrogens with zero attached hydrogens (tertiary/aromatic N) is 7. The van der Waals surface area contributed by atoms with Gasteiger partial charge in [0.05, 0.1) is 53.3 Å². The van der Waals surface area contributed by atoms with Crippen LogP contribution in [0.2, 0.25) is 0 Å². The fourth-order valence-electron chi connectivity index (χ4n) is 3.87. The molecule has 0 unspecified atom stereocenters. The highest BCUT2D eigenvalue weighted by molar-refractivity contribution is 6.02. The molecule has 3 heterocycles. The number of nitriles is 1. The van der Waals surface area contributed by atoms with Crippen LogP contribution >= 0.6 is 0 Å². The maximum Gasteiger partial charge on any atom is 0.247 e. The van der Waals surface area contributed by atoms with Crippen LogP contribution < -0.4 is 20.3 Å². The van der Waals surface area contributed by atoms with Crippen molar-refractivity contribution in [3.63, 3.8) is 0 Å². The summed E-state index contributed by atoms with van der Waals surface area (Å²) in [6.45, 7) is 5.10. The zero-order valence-corrected chi connectivity index (χ0v) is 21.8. The molecule has 4 aromatic rings. The minimum absolute atomic E-state index is 0.252. The molecule has 0 aliphatic heterocycles. The lowest BCUT2D eigenvalue weighted by Crippen LogP contribution is -2.29. The second-order valence-corrected chi connectivity index (χ2v) is 8.77. The number of fused-ring (bicyclic) bond motifs is 1. The minimum atomic E-state index is -0.339. The van der Waals surface area contributed by atoms with Crippen LogP contribution in [0.1, 0.15) is 5.56 Å². The van der Waals surface area contributed by atoms with Crippen molar-refractivity contribution < 1.29 is 9.53 Å². The Morgan fingerprint density at radius 1 is 1.21 bits per heavy atom. The van der Waals surface area contributed by atoms with Gasteiger partial charge in [0.15, 0.2) is 0 Å². The van der Waals surface area contributed by atoms with Crippen LogP contribution in [0, 0.1) is 11.3 Å². The van der Waals surface area contributed by atoms with Crippen molar-refractivity contribution in [3.05, 3.63) is 67.1 Å². The van der Waals surface area contributed by atoms with E-state index in [1.54, 1.807) is 23.9 Å². The largest absolute Gasteiger partial charge is 0.494 e. The molecule has 3 aromatic heterocycles. The molecule has 38 heavy (non-hydrogen) atoms. The number of rotatable bonds is 10. The zero-order valence-electron chi connectivity index (χ0n) is 21.8. The molecule has 0 spiro atoms. The number of amides is 1. The van der Waals surface area contributed by atoms with Gasteiger partial charge in [0.1, 0.15) is 11.8 Å². The van der Waals surface area contributed by atoms with E-state index >= 15 is 0 Å². The van der Waals surface area contributed by atoms with Crippen molar-refractivity contribution >= 4 is 34.4 Å². The number of carbonyl (C=O) groups excluding carboxylic acids is 1. The monoisotopic (exact) mass is 511 g/mol. The third-order valence-corrected chi connectivity index (χ3v) is 5.89. The highest BCUT2D eigenvalue weighted by atomic mass is 16.5. The van der Waals surface area contributed by atoms with Crippen LogP contribution in [0.15, 0.2) is 61.6 Å². The predicted molar refractivity (Wildman–Crippen MR) is 148 cm³/mol. The Balaban J connectivity index is 1.75. The first kappa shape index (κ1) is 26.1. The molecule has 1 aromatic carbocycles.